The monoisotopic (exact) mass is 555 g/mol. The van der Waals surface area contributed by atoms with Crippen molar-refractivity contribution in [3.8, 4) is 44.8 Å². The minimum atomic E-state index is -4.34. The topological polar surface area (TPSA) is 26.0 Å². The Balaban J connectivity index is 1.11. The third kappa shape index (κ3) is 4.94. The van der Waals surface area contributed by atoms with E-state index in [-0.39, 0.29) is 0 Å². The molecule has 0 radical (unpaired) electrons. The molecule has 0 amide bonds. The minimum Gasteiger partial charge on any atom is -0.436 e. The molecule has 7 rings (SSSR count). The van der Waals surface area contributed by atoms with E-state index in [9.17, 15) is 13.2 Å². The van der Waals surface area contributed by atoms with E-state index >= 15 is 0 Å². The number of hydrogen-bond acceptors (Lipinski definition) is 2. The molecular weight excluding hydrogens is 531 g/mol. The van der Waals surface area contributed by atoms with Gasteiger partial charge in [0.2, 0.25) is 5.89 Å². The lowest BCUT2D eigenvalue weighted by atomic mass is 9.96. The van der Waals surface area contributed by atoms with Gasteiger partial charge in [-0.3, -0.25) is 0 Å². The Morgan fingerprint density at radius 1 is 0.500 bits per heavy atom. The van der Waals surface area contributed by atoms with Crippen LogP contribution in [-0.4, -0.2) is 4.98 Å². The summed E-state index contributed by atoms with van der Waals surface area (Å²) in [5.74, 6) is 0.612. The van der Waals surface area contributed by atoms with Crippen molar-refractivity contribution in [1.29, 1.82) is 0 Å². The third-order valence-electron chi connectivity index (χ3n) is 7.61. The number of halogens is 3. The Labute approximate surface area is 240 Å². The van der Waals surface area contributed by atoms with E-state index in [0.29, 0.717) is 5.89 Å². The standard InChI is InChI=1S/C37H24F3NO/c1-23-2-19-34-35(20-23)42-36(41-34)28-9-7-27(8-10-28)30-12-14-31-21-29(11-13-32(31)22-30)26-5-3-24(4-6-26)25-15-17-33(18-16-25)37(38,39)40/h2-22H,1H3. The molecule has 5 heteroatoms. The number of oxazole rings is 1. The van der Waals surface area contributed by atoms with E-state index in [1.807, 2.05) is 61.5 Å². The van der Waals surface area contributed by atoms with Gasteiger partial charge < -0.3 is 4.42 Å². The van der Waals surface area contributed by atoms with Crippen molar-refractivity contribution in [2.75, 3.05) is 0 Å². The Hall–Kier alpha value is -5.16. The van der Waals surface area contributed by atoms with Gasteiger partial charge in [0, 0.05) is 5.56 Å². The maximum absolute atomic E-state index is 12.9. The zero-order valence-electron chi connectivity index (χ0n) is 22.6. The summed E-state index contributed by atoms with van der Waals surface area (Å²) in [6.07, 6.45) is -4.34. The van der Waals surface area contributed by atoms with Gasteiger partial charge in [-0.05, 0) is 105 Å². The molecule has 0 aliphatic rings. The van der Waals surface area contributed by atoms with E-state index in [2.05, 4.69) is 53.5 Å². The van der Waals surface area contributed by atoms with Gasteiger partial charge in [-0.25, -0.2) is 4.98 Å². The first-order chi connectivity index (χ1) is 20.3. The van der Waals surface area contributed by atoms with Gasteiger partial charge in [0.1, 0.15) is 5.52 Å². The van der Waals surface area contributed by atoms with Crippen LogP contribution in [0.5, 0.6) is 0 Å². The van der Waals surface area contributed by atoms with E-state index in [1.54, 1.807) is 0 Å². The lowest BCUT2D eigenvalue weighted by Gasteiger charge is -2.10. The summed E-state index contributed by atoms with van der Waals surface area (Å²) < 4.78 is 44.7. The molecule has 0 atom stereocenters. The van der Waals surface area contributed by atoms with Gasteiger partial charge in [0.05, 0.1) is 5.56 Å². The largest absolute Gasteiger partial charge is 0.436 e. The van der Waals surface area contributed by atoms with Crippen molar-refractivity contribution in [3.63, 3.8) is 0 Å². The zero-order chi connectivity index (χ0) is 28.8. The predicted octanol–water partition coefficient (Wildman–Crippen LogP) is 11.0. The van der Waals surface area contributed by atoms with Crippen LogP contribution in [0, 0.1) is 6.92 Å². The van der Waals surface area contributed by atoms with Crippen molar-refractivity contribution in [1.82, 2.24) is 4.98 Å². The summed E-state index contributed by atoms with van der Waals surface area (Å²) in [5.41, 5.74) is 9.03. The molecule has 0 bridgehead atoms. The Morgan fingerprint density at radius 2 is 0.952 bits per heavy atom. The second kappa shape index (κ2) is 10.0. The fraction of sp³-hybridized carbons (Fsp3) is 0.0541. The Morgan fingerprint density at radius 3 is 1.48 bits per heavy atom. The smallest absolute Gasteiger partial charge is 0.416 e. The third-order valence-corrected chi connectivity index (χ3v) is 7.61. The summed E-state index contributed by atoms with van der Waals surface area (Å²) in [6.45, 7) is 2.03. The Kier molecular flexibility index (Phi) is 6.16. The lowest BCUT2D eigenvalue weighted by molar-refractivity contribution is -0.137. The van der Waals surface area contributed by atoms with Crippen LogP contribution in [0.3, 0.4) is 0 Å². The zero-order valence-corrected chi connectivity index (χ0v) is 22.6. The fourth-order valence-electron chi connectivity index (χ4n) is 5.27. The molecule has 0 aliphatic carbocycles. The SMILES string of the molecule is Cc1ccc2nc(-c3ccc(-c4ccc5cc(-c6ccc(-c7ccc(C(F)(F)F)cc7)cc6)ccc5c4)cc3)oc2c1. The van der Waals surface area contributed by atoms with Crippen LogP contribution in [0.2, 0.25) is 0 Å². The highest BCUT2D eigenvalue weighted by molar-refractivity contribution is 5.91. The number of aromatic nitrogens is 1. The highest BCUT2D eigenvalue weighted by Crippen LogP contribution is 2.33. The lowest BCUT2D eigenvalue weighted by Crippen LogP contribution is -2.03. The average molecular weight is 556 g/mol. The molecule has 7 aromatic rings. The van der Waals surface area contributed by atoms with Gasteiger partial charge >= 0.3 is 6.18 Å². The molecule has 0 saturated heterocycles. The van der Waals surface area contributed by atoms with Crippen molar-refractivity contribution in [2.24, 2.45) is 0 Å². The van der Waals surface area contributed by atoms with E-state index < -0.39 is 11.7 Å². The van der Waals surface area contributed by atoms with E-state index in [4.69, 9.17) is 4.42 Å². The first-order valence-corrected chi connectivity index (χ1v) is 13.6. The number of rotatable bonds is 4. The quantitative estimate of drug-likeness (QED) is 0.216. The van der Waals surface area contributed by atoms with Crippen LogP contribution in [-0.2, 0) is 6.18 Å². The minimum absolute atomic E-state index is 0.612. The maximum atomic E-state index is 12.9. The molecule has 0 N–H and O–H groups in total. The first kappa shape index (κ1) is 25.8. The molecule has 6 aromatic carbocycles. The summed E-state index contributed by atoms with van der Waals surface area (Å²) >= 11 is 0. The number of aryl methyl sites for hydroxylation is 1. The number of benzene rings is 6. The van der Waals surface area contributed by atoms with E-state index in [1.165, 1.54) is 12.1 Å². The van der Waals surface area contributed by atoms with Crippen LogP contribution < -0.4 is 0 Å². The van der Waals surface area contributed by atoms with Crippen LogP contribution in [0.4, 0.5) is 13.2 Å². The molecular formula is C37H24F3NO. The molecule has 0 spiro atoms. The van der Waals surface area contributed by atoms with Crippen LogP contribution in [0.1, 0.15) is 11.1 Å². The summed E-state index contributed by atoms with van der Waals surface area (Å²) in [5, 5.41) is 2.26. The molecule has 0 fully saturated rings. The number of alkyl halides is 3. The molecule has 204 valence electrons. The Bertz CT molecular complexity index is 2050. The molecule has 0 aliphatic heterocycles. The summed E-state index contributed by atoms with van der Waals surface area (Å²) in [7, 11) is 0. The number of fused-ring (bicyclic) bond motifs is 2. The average Bonchev–Trinajstić information content (AvgIpc) is 3.44. The second-order valence-electron chi connectivity index (χ2n) is 10.5. The van der Waals surface area contributed by atoms with Crippen LogP contribution in [0.25, 0.3) is 66.7 Å². The van der Waals surface area contributed by atoms with Gasteiger partial charge in [0.15, 0.2) is 5.58 Å². The van der Waals surface area contributed by atoms with Crippen molar-refractivity contribution >= 4 is 21.9 Å². The molecule has 1 aromatic heterocycles. The summed E-state index contributed by atoms with van der Waals surface area (Å²) in [4.78, 5) is 4.63. The highest BCUT2D eigenvalue weighted by atomic mass is 19.4. The number of nitrogens with zero attached hydrogens (tertiary/aromatic N) is 1. The van der Waals surface area contributed by atoms with Crippen molar-refractivity contribution in [3.05, 3.63) is 139 Å². The van der Waals surface area contributed by atoms with Crippen LogP contribution >= 0.6 is 0 Å². The molecule has 2 nitrogen and oxygen atoms in total. The highest BCUT2D eigenvalue weighted by Gasteiger charge is 2.29. The molecule has 1 heterocycles. The van der Waals surface area contributed by atoms with Gasteiger partial charge in [-0.2, -0.15) is 13.2 Å². The molecule has 0 saturated carbocycles. The first-order valence-electron chi connectivity index (χ1n) is 13.6. The van der Waals surface area contributed by atoms with Gasteiger partial charge in [-0.15, -0.1) is 0 Å². The van der Waals surface area contributed by atoms with Crippen LogP contribution in [0.15, 0.2) is 132 Å². The molecule has 0 unspecified atom stereocenters. The normalized spacial score (nSPS) is 11.8. The second-order valence-corrected chi connectivity index (χ2v) is 10.5. The maximum Gasteiger partial charge on any atom is 0.416 e. The molecule has 42 heavy (non-hydrogen) atoms. The van der Waals surface area contributed by atoms with Gasteiger partial charge in [0.25, 0.3) is 0 Å². The van der Waals surface area contributed by atoms with Crippen molar-refractivity contribution < 1.29 is 17.6 Å². The van der Waals surface area contributed by atoms with E-state index in [0.717, 1.165) is 78.5 Å². The van der Waals surface area contributed by atoms with Gasteiger partial charge in [-0.1, -0.05) is 78.9 Å². The van der Waals surface area contributed by atoms with Crippen molar-refractivity contribution in [2.45, 2.75) is 13.1 Å². The summed E-state index contributed by atoms with van der Waals surface area (Å²) in [6, 6.07) is 40.2. The number of hydrogen-bond donors (Lipinski definition) is 0. The fourth-order valence-corrected chi connectivity index (χ4v) is 5.27. The predicted molar refractivity (Wildman–Crippen MR) is 163 cm³/mol.